The molecule has 2 atom stereocenters. The lowest BCUT2D eigenvalue weighted by atomic mass is 9.89. The van der Waals surface area contributed by atoms with E-state index in [0.717, 1.165) is 30.9 Å². The van der Waals surface area contributed by atoms with Crippen LogP contribution in [0.25, 0.3) is 0 Å². The minimum Gasteiger partial charge on any atom is -0.389 e. The zero-order chi connectivity index (χ0) is 15.5. The number of nitrogens with zero attached hydrogens (tertiary/aromatic N) is 3. The standard InChI is InChI=1S/C17H23N3O2/c1-12-18-13(2)20(19-12)10-15(21)11-22-17-9-5-7-14-6-3-4-8-16(14)17/h3-4,6,8,15,17,21H,5,7,9-11H2,1-2H3. The molecule has 1 aliphatic rings. The molecular weight excluding hydrogens is 278 g/mol. The first kappa shape index (κ1) is 15.2. The highest BCUT2D eigenvalue weighted by Gasteiger charge is 2.21. The molecule has 0 saturated carbocycles. The molecule has 0 radical (unpaired) electrons. The number of benzene rings is 1. The Morgan fingerprint density at radius 2 is 2.18 bits per heavy atom. The summed E-state index contributed by atoms with van der Waals surface area (Å²) >= 11 is 0. The molecule has 3 rings (SSSR count). The molecule has 1 heterocycles. The number of aliphatic hydroxyl groups is 1. The number of rotatable bonds is 5. The van der Waals surface area contributed by atoms with Crippen molar-refractivity contribution in [1.29, 1.82) is 0 Å². The Kier molecular flexibility index (Phi) is 4.55. The van der Waals surface area contributed by atoms with Gasteiger partial charge >= 0.3 is 0 Å². The van der Waals surface area contributed by atoms with Crippen LogP contribution < -0.4 is 0 Å². The first-order valence-electron chi connectivity index (χ1n) is 7.89. The topological polar surface area (TPSA) is 60.2 Å². The Morgan fingerprint density at radius 1 is 1.36 bits per heavy atom. The molecule has 1 aromatic carbocycles. The van der Waals surface area contributed by atoms with Gasteiger partial charge < -0.3 is 9.84 Å². The normalized spacial score (nSPS) is 19.0. The summed E-state index contributed by atoms with van der Waals surface area (Å²) in [6.07, 6.45) is 2.80. The summed E-state index contributed by atoms with van der Waals surface area (Å²) in [4.78, 5) is 4.24. The highest BCUT2D eigenvalue weighted by atomic mass is 16.5. The van der Waals surface area contributed by atoms with Crippen molar-refractivity contribution in [3.8, 4) is 0 Å². The Morgan fingerprint density at radius 3 is 2.95 bits per heavy atom. The molecule has 22 heavy (non-hydrogen) atoms. The Hall–Kier alpha value is -1.72. The van der Waals surface area contributed by atoms with Crippen molar-refractivity contribution in [2.75, 3.05) is 6.61 Å². The van der Waals surface area contributed by atoms with Crippen LogP contribution in [0.1, 0.15) is 41.7 Å². The molecule has 1 aliphatic carbocycles. The average molecular weight is 301 g/mol. The number of hydrogen-bond donors (Lipinski definition) is 1. The molecule has 0 saturated heterocycles. The molecule has 0 spiro atoms. The summed E-state index contributed by atoms with van der Waals surface area (Å²) in [6.45, 7) is 4.48. The van der Waals surface area contributed by atoms with Gasteiger partial charge in [0.05, 0.1) is 25.4 Å². The third-order valence-electron chi connectivity index (χ3n) is 4.15. The van der Waals surface area contributed by atoms with Gasteiger partial charge in [-0.3, -0.25) is 0 Å². The van der Waals surface area contributed by atoms with E-state index in [2.05, 4.69) is 34.3 Å². The Balaban J connectivity index is 1.58. The second-order valence-corrected chi connectivity index (χ2v) is 5.96. The molecular formula is C17H23N3O2. The number of fused-ring (bicyclic) bond motifs is 1. The van der Waals surface area contributed by atoms with E-state index in [-0.39, 0.29) is 6.10 Å². The van der Waals surface area contributed by atoms with E-state index in [4.69, 9.17) is 4.74 Å². The van der Waals surface area contributed by atoms with Crippen LogP contribution in [0.15, 0.2) is 24.3 Å². The summed E-state index contributed by atoms with van der Waals surface area (Å²) in [5.41, 5.74) is 2.64. The van der Waals surface area contributed by atoms with Gasteiger partial charge in [0.1, 0.15) is 11.6 Å². The van der Waals surface area contributed by atoms with Crippen molar-refractivity contribution in [2.24, 2.45) is 0 Å². The molecule has 2 aromatic rings. The van der Waals surface area contributed by atoms with E-state index < -0.39 is 6.10 Å². The molecule has 1 N–H and O–H groups in total. The maximum absolute atomic E-state index is 10.2. The molecule has 5 heteroatoms. The van der Waals surface area contributed by atoms with Crippen molar-refractivity contribution in [2.45, 2.75) is 51.9 Å². The van der Waals surface area contributed by atoms with E-state index in [1.165, 1.54) is 11.1 Å². The fraction of sp³-hybridized carbons (Fsp3) is 0.529. The fourth-order valence-electron chi connectivity index (χ4n) is 3.10. The summed E-state index contributed by atoms with van der Waals surface area (Å²) < 4.78 is 7.71. The van der Waals surface area contributed by atoms with Gasteiger partial charge in [-0.15, -0.1) is 0 Å². The van der Waals surface area contributed by atoms with E-state index in [1.807, 2.05) is 13.8 Å². The molecule has 0 aliphatic heterocycles. The molecule has 0 bridgehead atoms. The lowest BCUT2D eigenvalue weighted by Crippen LogP contribution is -2.25. The number of aliphatic hydroxyl groups excluding tert-OH is 1. The SMILES string of the molecule is Cc1nc(C)n(CC(O)COC2CCCc3ccccc32)n1. The number of ether oxygens (including phenoxy) is 1. The van der Waals surface area contributed by atoms with Crippen molar-refractivity contribution < 1.29 is 9.84 Å². The first-order chi connectivity index (χ1) is 10.6. The number of hydrogen-bond acceptors (Lipinski definition) is 4. The van der Waals surface area contributed by atoms with Gasteiger partial charge in [0, 0.05) is 0 Å². The lowest BCUT2D eigenvalue weighted by Gasteiger charge is -2.26. The predicted molar refractivity (Wildman–Crippen MR) is 83.6 cm³/mol. The van der Waals surface area contributed by atoms with E-state index >= 15 is 0 Å². The summed E-state index contributed by atoms with van der Waals surface area (Å²) in [5, 5.41) is 14.5. The third-order valence-corrected chi connectivity index (χ3v) is 4.15. The molecule has 0 amide bonds. The average Bonchev–Trinajstić information content (AvgIpc) is 2.82. The number of aromatic nitrogens is 3. The first-order valence-corrected chi connectivity index (χ1v) is 7.89. The smallest absolute Gasteiger partial charge is 0.147 e. The maximum atomic E-state index is 10.2. The molecule has 5 nitrogen and oxygen atoms in total. The van der Waals surface area contributed by atoms with Gasteiger partial charge in [-0.2, -0.15) is 5.10 Å². The number of aryl methyl sites for hydroxylation is 3. The molecule has 0 fully saturated rings. The second-order valence-electron chi connectivity index (χ2n) is 5.96. The van der Waals surface area contributed by atoms with Gasteiger partial charge in [0.2, 0.25) is 0 Å². The van der Waals surface area contributed by atoms with Gasteiger partial charge in [0.15, 0.2) is 0 Å². The zero-order valence-electron chi connectivity index (χ0n) is 13.2. The monoisotopic (exact) mass is 301 g/mol. The third kappa shape index (κ3) is 3.36. The van der Waals surface area contributed by atoms with Crippen molar-refractivity contribution in [3.63, 3.8) is 0 Å². The van der Waals surface area contributed by atoms with Crippen LogP contribution in [0.3, 0.4) is 0 Å². The van der Waals surface area contributed by atoms with Crippen LogP contribution >= 0.6 is 0 Å². The largest absolute Gasteiger partial charge is 0.389 e. The van der Waals surface area contributed by atoms with Crippen LogP contribution in [0.4, 0.5) is 0 Å². The highest BCUT2D eigenvalue weighted by Crippen LogP contribution is 2.32. The van der Waals surface area contributed by atoms with Crippen molar-refractivity contribution in [1.82, 2.24) is 14.8 Å². The van der Waals surface area contributed by atoms with E-state index in [1.54, 1.807) is 4.68 Å². The van der Waals surface area contributed by atoms with Crippen LogP contribution in [-0.4, -0.2) is 32.6 Å². The summed E-state index contributed by atoms with van der Waals surface area (Å²) in [5.74, 6) is 1.55. The van der Waals surface area contributed by atoms with Crippen LogP contribution in [0, 0.1) is 13.8 Å². The lowest BCUT2D eigenvalue weighted by molar-refractivity contribution is -0.0238. The summed E-state index contributed by atoms with van der Waals surface area (Å²) in [6, 6.07) is 8.43. The molecule has 118 valence electrons. The quantitative estimate of drug-likeness (QED) is 0.921. The fourth-order valence-corrected chi connectivity index (χ4v) is 3.10. The van der Waals surface area contributed by atoms with Crippen LogP contribution in [-0.2, 0) is 17.7 Å². The van der Waals surface area contributed by atoms with Gasteiger partial charge in [-0.05, 0) is 44.2 Å². The minimum absolute atomic E-state index is 0.0955. The van der Waals surface area contributed by atoms with Crippen molar-refractivity contribution >= 4 is 0 Å². The summed E-state index contributed by atoms with van der Waals surface area (Å²) in [7, 11) is 0. The van der Waals surface area contributed by atoms with Crippen molar-refractivity contribution in [3.05, 3.63) is 47.0 Å². The second kappa shape index (κ2) is 6.58. The zero-order valence-corrected chi connectivity index (χ0v) is 13.2. The minimum atomic E-state index is -0.575. The predicted octanol–water partition coefficient (Wildman–Crippen LogP) is 2.35. The van der Waals surface area contributed by atoms with Gasteiger partial charge in [-0.1, -0.05) is 24.3 Å². The van der Waals surface area contributed by atoms with E-state index in [9.17, 15) is 5.11 Å². The van der Waals surface area contributed by atoms with Gasteiger partial charge in [-0.25, -0.2) is 9.67 Å². The van der Waals surface area contributed by atoms with Crippen LogP contribution in [0.5, 0.6) is 0 Å². The molecule has 2 unspecified atom stereocenters. The van der Waals surface area contributed by atoms with Gasteiger partial charge in [0.25, 0.3) is 0 Å². The molecule has 1 aromatic heterocycles. The highest BCUT2D eigenvalue weighted by molar-refractivity contribution is 5.31. The maximum Gasteiger partial charge on any atom is 0.147 e. The van der Waals surface area contributed by atoms with E-state index in [0.29, 0.717) is 13.2 Å². The van der Waals surface area contributed by atoms with Crippen LogP contribution in [0.2, 0.25) is 0 Å². The Bertz CT molecular complexity index is 639. The Labute approximate surface area is 131 Å².